The van der Waals surface area contributed by atoms with E-state index in [1.54, 1.807) is 12.4 Å². The second kappa shape index (κ2) is 9.62. The topological polar surface area (TPSA) is 94.1 Å². The molecular weight excluding hydrogens is 455 g/mol. The first-order valence-corrected chi connectivity index (χ1v) is 11.5. The van der Waals surface area contributed by atoms with Gasteiger partial charge in [0.2, 0.25) is 5.82 Å². The lowest BCUT2D eigenvalue weighted by molar-refractivity contribution is 0.394. The average Bonchev–Trinajstić information content (AvgIpc) is 2.71. The number of hydrogen-bond donors (Lipinski definition) is 1. The first-order valence-electron chi connectivity index (χ1n) is 8.30. The number of rotatable bonds is 8. The Morgan fingerprint density at radius 1 is 1.17 bits per heavy atom. The minimum atomic E-state index is -4.03. The smallest absolute Gasteiger partial charge is 0.264 e. The normalized spacial score (nSPS) is 11.3. The number of pyridine rings is 1. The third-order valence-electron chi connectivity index (χ3n) is 3.74. The quantitative estimate of drug-likeness (QED) is 0.489. The van der Waals surface area contributed by atoms with Gasteiger partial charge >= 0.3 is 0 Å². The third-order valence-corrected chi connectivity index (χ3v) is 6.95. The van der Waals surface area contributed by atoms with Crippen molar-refractivity contribution in [1.29, 1.82) is 0 Å². The van der Waals surface area contributed by atoms with Gasteiger partial charge in [0.1, 0.15) is 9.92 Å². The maximum atomic E-state index is 12.7. The molecule has 0 aliphatic rings. The van der Waals surface area contributed by atoms with Crippen LogP contribution in [-0.4, -0.2) is 36.2 Å². The first kappa shape index (κ1) is 21.6. The zero-order valence-electron chi connectivity index (χ0n) is 15.2. The van der Waals surface area contributed by atoms with Gasteiger partial charge in [0.25, 0.3) is 15.9 Å². The van der Waals surface area contributed by atoms with Gasteiger partial charge in [0.15, 0.2) is 0 Å². The highest BCUT2D eigenvalue weighted by Gasteiger charge is 2.22. The van der Waals surface area contributed by atoms with Crippen LogP contribution in [0.2, 0.25) is 10.0 Å². The van der Waals surface area contributed by atoms with Crippen LogP contribution >= 0.6 is 35.0 Å². The summed E-state index contributed by atoms with van der Waals surface area (Å²) in [4.78, 5) is 12.3. The van der Waals surface area contributed by atoms with Gasteiger partial charge < -0.3 is 4.74 Å². The number of ether oxygens (including phenoxy) is 1. The molecule has 0 aliphatic heterocycles. The molecule has 1 aromatic carbocycles. The molecular formula is C18H16Cl2N4O3S2. The predicted molar refractivity (Wildman–Crippen MR) is 115 cm³/mol. The van der Waals surface area contributed by atoms with Crippen LogP contribution in [0.25, 0.3) is 0 Å². The lowest BCUT2D eigenvalue weighted by Gasteiger charge is -2.12. The van der Waals surface area contributed by atoms with E-state index in [1.807, 2.05) is 12.1 Å². The highest BCUT2D eigenvalue weighted by Crippen LogP contribution is 2.31. The summed E-state index contributed by atoms with van der Waals surface area (Å²) in [5.74, 6) is 0.785. The molecule has 0 aliphatic carbocycles. The lowest BCUT2D eigenvalue weighted by Crippen LogP contribution is -2.16. The number of methoxy groups -OCH3 is 1. The Bertz CT molecular complexity index is 1100. The average molecular weight is 471 g/mol. The first-order chi connectivity index (χ1) is 13.9. The van der Waals surface area contributed by atoms with E-state index in [1.165, 1.54) is 43.3 Å². The zero-order chi connectivity index (χ0) is 20.9. The largest absolute Gasteiger partial charge is 0.478 e. The van der Waals surface area contributed by atoms with Gasteiger partial charge in [-0.25, -0.2) is 18.4 Å². The summed E-state index contributed by atoms with van der Waals surface area (Å²) in [6.07, 6.45) is 5.81. The number of hydrogen-bond acceptors (Lipinski definition) is 7. The predicted octanol–water partition coefficient (Wildman–Crippen LogP) is 4.32. The van der Waals surface area contributed by atoms with E-state index in [4.69, 9.17) is 27.9 Å². The van der Waals surface area contributed by atoms with Crippen molar-refractivity contribution in [3.8, 4) is 5.88 Å². The SMILES string of the molecule is COc1nc(SCCc2ccncc2)cnc1NS(=O)(=O)c1cccc(Cl)c1Cl. The summed E-state index contributed by atoms with van der Waals surface area (Å²) in [7, 11) is -2.64. The molecule has 0 radical (unpaired) electrons. The molecule has 11 heteroatoms. The minimum Gasteiger partial charge on any atom is -0.478 e. The fraction of sp³-hybridized carbons (Fsp3) is 0.167. The van der Waals surface area contributed by atoms with Crippen molar-refractivity contribution in [1.82, 2.24) is 15.0 Å². The summed E-state index contributed by atoms with van der Waals surface area (Å²) >= 11 is 13.4. The van der Waals surface area contributed by atoms with Crippen LogP contribution in [-0.2, 0) is 16.4 Å². The molecule has 3 aromatic rings. The van der Waals surface area contributed by atoms with Crippen molar-refractivity contribution in [2.24, 2.45) is 0 Å². The molecule has 0 amide bonds. The number of benzene rings is 1. The van der Waals surface area contributed by atoms with E-state index in [0.717, 1.165) is 17.7 Å². The molecule has 0 unspecified atom stereocenters. The molecule has 29 heavy (non-hydrogen) atoms. The molecule has 1 N–H and O–H groups in total. The van der Waals surface area contributed by atoms with Crippen LogP contribution in [0.4, 0.5) is 5.82 Å². The highest BCUT2D eigenvalue weighted by molar-refractivity contribution is 7.99. The molecule has 0 atom stereocenters. The highest BCUT2D eigenvalue weighted by atomic mass is 35.5. The van der Waals surface area contributed by atoms with Gasteiger partial charge in [-0.15, -0.1) is 11.8 Å². The van der Waals surface area contributed by atoms with Crippen LogP contribution in [0.5, 0.6) is 5.88 Å². The molecule has 0 bridgehead atoms. The van der Waals surface area contributed by atoms with Crippen molar-refractivity contribution >= 4 is 50.8 Å². The number of thioether (sulfide) groups is 1. The number of sulfonamides is 1. The molecule has 0 saturated carbocycles. The van der Waals surface area contributed by atoms with Crippen molar-refractivity contribution in [3.05, 3.63) is 64.5 Å². The molecule has 2 aromatic heterocycles. The van der Waals surface area contributed by atoms with Crippen LogP contribution in [0.3, 0.4) is 0 Å². The van der Waals surface area contributed by atoms with Crippen LogP contribution in [0.15, 0.2) is 58.8 Å². The second-order valence-electron chi connectivity index (χ2n) is 5.68. The number of nitrogens with zero attached hydrogens (tertiary/aromatic N) is 3. The maximum Gasteiger partial charge on any atom is 0.264 e. The van der Waals surface area contributed by atoms with Crippen molar-refractivity contribution in [3.63, 3.8) is 0 Å². The van der Waals surface area contributed by atoms with Crippen LogP contribution < -0.4 is 9.46 Å². The Morgan fingerprint density at radius 3 is 2.66 bits per heavy atom. The lowest BCUT2D eigenvalue weighted by atomic mass is 10.2. The fourth-order valence-corrected chi connectivity index (χ4v) is 4.93. The molecule has 0 fully saturated rings. The Labute approximate surface area is 182 Å². The Hall–Kier alpha value is -2.07. The number of anilines is 1. The molecule has 0 saturated heterocycles. The monoisotopic (exact) mass is 470 g/mol. The van der Waals surface area contributed by atoms with Gasteiger partial charge in [-0.2, -0.15) is 0 Å². The van der Waals surface area contributed by atoms with Crippen LogP contribution in [0.1, 0.15) is 5.56 Å². The van der Waals surface area contributed by atoms with E-state index < -0.39 is 10.0 Å². The summed E-state index contributed by atoms with van der Waals surface area (Å²) in [6, 6.07) is 8.24. The number of halogens is 2. The summed E-state index contributed by atoms with van der Waals surface area (Å²) in [6.45, 7) is 0. The maximum absolute atomic E-state index is 12.7. The molecule has 7 nitrogen and oxygen atoms in total. The number of aryl methyl sites for hydroxylation is 1. The zero-order valence-corrected chi connectivity index (χ0v) is 18.3. The standard InChI is InChI=1S/C18H16Cl2N4O3S2/c1-27-18-17(24-29(25,26)14-4-2-3-13(19)16(14)20)22-11-15(23-18)28-10-7-12-5-8-21-9-6-12/h2-6,8-9,11H,7,10H2,1H3,(H,22,24). The van der Waals surface area contributed by atoms with Gasteiger partial charge in [0, 0.05) is 18.1 Å². The van der Waals surface area contributed by atoms with Crippen LogP contribution in [0, 0.1) is 0 Å². The summed E-state index contributed by atoms with van der Waals surface area (Å²) < 4.78 is 32.9. The van der Waals surface area contributed by atoms with E-state index in [9.17, 15) is 8.42 Å². The minimum absolute atomic E-state index is 0.0398. The van der Waals surface area contributed by atoms with E-state index in [2.05, 4.69) is 19.7 Å². The summed E-state index contributed by atoms with van der Waals surface area (Å²) in [5.41, 5.74) is 1.16. The Kier molecular flexibility index (Phi) is 7.18. The molecule has 3 rings (SSSR count). The molecule has 2 heterocycles. The van der Waals surface area contributed by atoms with Gasteiger partial charge in [0.05, 0.1) is 23.4 Å². The van der Waals surface area contributed by atoms with Gasteiger partial charge in [-0.05, 0) is 36.2 Å². The fourth-order valence-electron chi connectivity index (χ4n) is 2.34. The Balaban J connectivity index is 1.74. The third kappa shape index (κ3) is 5.51. The second-order valence-corrected chi connectivity index (χ2v) is 9.23. The van der Waals surface area contributed by atoms with E-state index >= 15 is 0 Å². The molecule has 152 valence electrons. The summed E-state index contributed by atoms with van der Waals surface area (Å²) in [5, 5.41) is 0.671. The van der Waals surface area contributed by atoms with Crippen molar-refractivity contribution in [2.75, 3.05) is 17.6 Å². The van der Waals surface area contributed by atoms with E-state index in [-0.39, 0.29) is 26.6 Å². The van der Waals surface area contributed by atoms with Gasteiger partial charge in [-0.1, -0.05) is 29.3 Å². The van der Waals surface area contributed by atoms with Crippen molar-refractivity contribution in [2.45, 2.75) is 16.3 Å². The van der Waals surface area contributed by atoms with Crippen molar-refractivity contribution < 1.29 is 13.2 Å². The molecule has 0 spiro atoms. The number of nitrogens with one attached hydrogen (secondary N) is 1. The Morgan fingerprint density at radius 2 is 1.93 bits per heavy atom. The van der Waals surface area contributed by atoms with E-state index in [0.29, 0.717) is 5.03 Å². The number of aromatic nitrogens is 3. The van der Waals surface area contributed by atoms with Gasteiger partial charge in [-0.3, -0.25) is 9.71 Å².